The highest BCUT2D eigenvalue weighted by Crippen LogP contribution is 2.51. The number of carbonyl (C=O) groups excluding carboxylic acids is 1. The van der Waals surface area contributed by atoms with Gasteiger partial charge in [-0.05, 0) is 66.0 Å². The van der Waals surface area contributed by atoms with Crippen molar-refractivity contribution >= 4 is 23.1 Å². The van der Waals surface area contributed by atoms with Crippen molar-refractivity contribution in [2.75, 3.05) is 29.0 Å². The van der Waals surface area contributed by atoms with E-state index in [0.29, 0.717) is 28.3 Å². The molecular weight excluding hydrogens is 384 g/mol. The van der Waals surface area contributed by atoms with Crippen LogP contribution < -0.4 is 16.0 Å². The number of fused-ring (bicyclic) bond motifs is 2. The number of nitrogens with one attached hydrogen (secondary N) is 1. The van der Waals surface area contributed by atoms with Gasteiger partial charge in [0, 0.05) is 19.3 Å². The van der Waals surface area contributed by atoms with Crippen LogP contribution in [0.25, 0.3) is 0 Å². The highest BCUT2D eigenvalue weighted by atomic mass is 16.1. The summed E-state index contributed by atoms with van der Waals surface area (Å²) in [6.07, 6.45) is 5.19. The summed E-state index contributed by atoms with van der Waals surface area (Å²) in [4.78, 5) is 19.5. The van der Waals surface area contributed by atoms with Crippen molar-refractivity contribution < 1.29 is 4.79 Å². The molecule has 1 aliphatic heterocycles. The minimum atomic E-state index is -0.203. The van der Waals surface area contributed by atoms with Crippen LogP contribution in [0, 0.1) is 0 Å². The molecule has 3 N–H and O–H groups in total. The number of para-hydroxylation sites is 2. The van der Waals surface area contributed by atoms with Gasteiger partial charge in [-0.1, -0.05) is 43.3 Å². The van der Waals surface area contributed by atoms with E-state index in [9.17, 15) is 4.79 Å². The van der Waals surface area contributed by atoms with Gasteiger partial charge < -0.3 is 16.0 Å². The molecule has 5 heteroatoms. The van der Waals surface area contributed by atoms with E-state index in [1.165, 1.54) is 12.0 Å². The van der Waals surface area contributed by atoms with E-state index in [-0.39, 0.29) is 5.91 Å². The molecule has 1 spiro atoms. The fourth-order valence-corrected chi connectivity index (χ4v) is 5.37. The standard InChI is InChI=1S/C26H28N4O/c1-18-16-26(21-7-3-2-6-20(18)21)12-14-30(15-13-26)24-11-10-19(17-28-24)25(31)29-23-9-5-4-8-22(23)27/h2-11,17-18H,12-16,27H2,1H3,(H,29,31)/t18-/m1/s1. The van der Waals surface area contributed by atoms with Crippen molar-refractivity contribution in [3.63, 3.8) is 0 Å². The zero-order valence-electron chi connectivity index (χ0n) is 17.8. The van der Waals surface area contributed by atoms with Crippen LogP contribution in [0.5, 0.6) is 0 Å². The number of nitrogen functional groups attached to an aromatic ring is 1. The number of hydrogen-bond donors (Lipinski definition) is 2. The fraction of sp³-hybridized carbons (Fsp3) is 0.308. The Hall–Kier alpha value is -3.34. The van der Waals surface area contributed by atoms with Gasteiger partial charge in [-0.3, -0.25) is 4.79 Å². The third kappa shape index (κ3) is 3.54. The smallest absolute Gasteiger partial charge is 0.257 e. The number of nitrogens with zero attached hydrogens (tertiary/aromatic N) is 2. The lowest BCUT2D eigenvalue weighted by atomic mass is 9.73. The van der Waals surface area contributed by atoms with Crippen molar-refractivity contribution in [1.29, 1.82) is 0 Å². The van der Waals surface area contributed by atoms with Crippen LogP contribution in [0.1, 0.15) is 53.6 Å². The summed E-state index contributed by atoms with van der Waals surface area (Å²) in [6.45, 7) is 4.33. The Morgan fingerprint density at radius 3 is 2.55 bits per heavy atom. The van der Waals surface area contributed by atoms with E-state index in [0.717, 1.165) is 31.7 Å². The molecular formula is C26H28N4O. The first-order chi connectivity index (χ1) is 15.1. The molecule has 5 rings (SSSR count). The normalized spacial score (nSPS) is 19.3. The van der Waals surface area contributed by atoms with E-state index >= 15 is 0 Å². The Morgan fingerprint density at radius 2 is 1.81 bits per heavy atom. The molecule has 31 heavy (non-hydrogen) atoms. The summed E-state index contributed by atoms with van der Waals surface area (Å²) in [5.41, 5.74) is 11.0. The molecule has 1 amide bonds. The number of rotatable bonds is 3. The molecule has 0 radical (unpaired) electrons. The molecule has 3 aromatic rings. The Balaban J connectivity index is 1.26. The number of nitrogens with two attached hydrogens (primary N) is 1. The molecule has 0 saturated carbocycles. The van der Waals surface area contributed by atoms with Gasteiger partial charge in [-0.25, -0.2) is 4.98 Å². The first-order valence-corrected chi connectivity index (χ1v) is 11.0. The molecule has 1 atom stereocenters. The molecule has 0 bridgehead atoms. The molecule has 0 unspecified atom stereocenters. The van der Waals surface area contributed by atoms with Crippen molar-refractivity contribution in [2.45, 2.75) is 37.5 Å². The van der Waals surface area contributed by atoms with Gasteiger partial charge >= 0.3 is 0 Å². The van der Waals surface area contributed by atoms with Crippen molar-refractivity contribution in [3.05, 3.63) is 83.6 Å². The number of amides is 1. The molecule has 1 fully saturated rings. The lowest BCUT2D eigenvalue weighted by molar-refractivity contribution is 0.102. The van der Waals surface area contributed by atoms with Gasteiger partial charge in [0.15, 0.2) is 0 Å². The van der Waals surface area contributed by atoms with Gasteiger partial charge in [0.2, 0.25) is 0 Å². The summed E-state index contributed by atoms with van der Waals surface area (Å²) in [5, 5.41) is 2.85. The lowest BCUT2D eigenvalue weighted by Crippen LogP contribution is -2.42. The lowest BCUT2D eigenvalue weighted by Gasteiger charge is -2.41. The van der Waals surface area contributed by atoms with Crippen LogP contribution in [0.15, 0.2) is 66.9 Å². The van der Waals surface area contributed by atoms with Crippen molar-refractivity contribution in [2.24, 2.45) is 0 Å². The van der Waals surface area contributed by atoms with Crippen LogP contribution in [-0.2, 0) is 5.41 Å². The maximum Gasteiger partial charge on any atom is 0.257 e. The predicted molar refractivity (Wildman–Crippen MR) is 126 cm³/mol. The van der Waals surface area contributed by atoms with Gasteiger partial charge in [-0.15, -0.1) is 0 Å². The maximum absolute atomic E-state index is 12.6. The summed E-state index contributed by atoms with van der Waals surface area (Å²) < 4.78 is 0. The van der Waals surface area contributed by atoms with Gasteiger partial charge in [0.05, 0.1) is 16.9 Å². The topological polar surface area (TPSA) is 71.2 Å². The van der Waals surface area contributed by atoms with Crippen molar-refractivity contribution in [3.8, 4) is 0 Å². The first-order valence-electron chi connectivity index (χ1n) is 11.0. The van der Waals surface area contributed by atoms with Crippen LogP contribution in [0.2, 0.25) is 0 Å². The van der Waals surface area contributed by atoms with Crippen molar-refractivity contribution in [1.82, 2.24) is 4.98 Å². The van der Waals surface area contributed by atoms with Crippen LogP contribution >= 0.6 is 0 Å². The Labute approximate surface area is 183 Å². The zero-order valence-corrected chi connectivity index (χ0v) is 17.8. The number of piperidine rings is 1. The molecule has 1 aliphatic carbocycles. The molecule has 1 saturated heterocycles. The first kappa shape index (κ1) is 19.6. The Morgan fingerprint density at radius 1 is 1.06 bits per heavy atom. The second-order valence-electron chi connectivity index (χ2n) is 8.91. The number of anilines is 3. The number of hydrogen-bond acceptors (Lipinski definition) is 4. The number of carbonyl (C=O) groups is 1. The van der Waals surface area contributed by atoms with E-state index < -0.39 is 0 Å². The van der Waals surface area contributed by atoms with Crippen LogP contribution in [0.3, 0.4) is 0 Å². The minimum absolute atomic E-state index is 0.203. The van der Waals surface area contributed by atoms with E-state index in [2.05, 4.69) is 46.4 Å². The van der Waals surface area contributed by atoms with E-state index in [4.69, 9.17) is 5.73 Å². The quantitative estimate of drug-likeness (QED) is 0.597. The number of benzene rings is 2. The number of pyridine rings is 1. The van der Waals surface area contributed by atoms with Crippen LogP contribution in [0.4, 0.5) is 17.2 Å². The maximum atomic E-state index is 12.6. The molecule has 1 aromatic heterocycles. The van der Waals surface area contributed by atoms with Crippen LogP contribution in [-0.4, -0.2) is 24.0 Å². The summed E-state index contributed by atoms with van der Waals surface area (Å²) in [5.74, 6) is 1.37. The second kappa shape index (κ2) is 7.73. The Kier molecular flexibility index (Phi) is 4.89. The van der Waals surface area contributed by atoms with Gasteiger partial charge in [-0.2, -0.15) is 0 Å². The third-order valence-electron chi connectivity index (χ3n) is 7.02. The minimum Gasteiger partial charge on any atom is -0.397 e. The van der Waals surface area contributed by atoms with Gasteiger partial charge in [0.25, 0.3) is 5.91 Å². The molecule has 5 nitrogen and oxygen atoms in total. The fourth-order valence-electron chi connectivity index (χ4n) is 5.37. The molecule has 158 valence electrons. The Bertz CT molecular complexity index is 1100. The average Bonchev–Trinajstić information content (AvgIpc) is 3.07. The van der Waals surface area contributed by atoms with Gasteiger partial charge in [0.1, 0.15) is 5.82 Å². The third-order valence-corrected chi connectivity index (χ3v) is 7.02. The number of aromatic nitrogens is 1. The largest absolute Gasteiger partial charge is 0.397 e. The molecule has 2 heterocycles. The molecule has 2 aliphatic rings. The highest BCUT2D eigenvalue weighted by Gasteiger charge is 2.43. The summed E-state index contributed by atoms with van der Waals surface area (Å²) >= 11 is 0. The highest BCUT2D eigenvalue weighted by molar-refractivity contribution is 6.05. The summed E-state index contributed by atoms with van der Waals surface area (Å²) in [7, 11) is 0. The van der Waals surface area contributed by atoms with E-state index in [1.54, 1.807) is 23.9 Å². The SMILES string of the molecule is C[C@@H]1CC2(CCN(c3ccc(C(=O)Nc4ccccc4N)cn3)CC2)c2ccccc21. The van der Waals surface area contributed by atoms with E-state index in [1.807, 2.05) is 24.3 Å². The second-order valence-corrected chi connectivity index (χ2v) is 8.91. The zero-order chi connectivity index (χ0) is 21.4. The predicted octanol–water partition coefficient (Wildman–Crippen LogP) is 4.96. The monoisotopic (exact) mass is 412 g/mol. The summed E-state index contributed by atoms with van der Waals surface area (Å²) in [6, 6.07) is 20.0. The molecule has 2 aromatic carbocycles. The average molecular weight is 413 g/mol.